The zero-order valence-electron chi connectivity index (χ0n) is 16.0. The Morgan fingerprint density at radius 3 is 2.30 bits per heavy atom. The molecule has 1 aliphatic rings. The molecule has 27 heavy (non-hydrogen) atoms. The molecule has 0 N–H and O–H groups in total. The summed E-state index contributed by atoms with van der Waals surface area (Å²) in [7, 11) is 1.30. The highest BCUT2D eigenvalue weighted by Crippen LogP contribution is 2.23. The van der Waals surface area contributed by atoms with Crippen molar-refractivity contribution in [2.24, 2.45) is 5.41 Å². The van der Waals surface area contributed by atoms with Gasteiger partial charge in [0.25, 0.3) is 0 Å². The summed E-state index contributed by atoms with van der Waals surface area (Å²) < 4.78 is 28.9. The minimum Gasteiger partial charge on any atom is -0.462 e. The lowest BCUT2D eigenvalue weighted by molar-refractivity contribution is -0.163. The Hall–Kier alpha value is -2.36. The van der Waals surface area contributed by atoms with Crippen LogP contribution < -0.4 is 0 Å². The quantitative estimate of drug-likeness (QED) is 0.221. The van der Waals surface area contributed by atoms with Crippen molar-refractivity contribution in [3.8, 4) is 0 Å². The normalized spacial score (nSPS) is 19.0. The summed E-state index contributed by atoms with van der Waals surface area (Å²) in [6.07, 6.45) is -1.93. The zero-order chi connectivity index (χ0) is 20.4. The highest BCUT2D eigenvalue weighted by atomic mass is 16.8. The fraction of sp³-hybridized carbons (Fsp3) is 0.765. The van der Waals surface area contributed by atoms with Crippen molar-refractivity contribution in [1.82, 2.24) is 0 Å². The summed E-state index contributed by atoms with van der Waals surface area (Å²) in [5.41, 5.74) is -0.601. The van der Waals surface area contributed by atoms with Gasteiger partial charge in [-0.3, -0.25) is 14.4 Å². The molecule has 0 radical (unpaired) electrons. The molecule has 10 heteroatoms. The van der Waals surface area contributed by atoms with Crippen molar-refractivity contribution in [2.75, 3.05) is 26.9 Å². The van der Waals surface area contributed by atoms with Crippen LogP contribution in [0.2, 0.25) is 0 Å². The summed E-state index contributed by atoms with van der Waals surface area (Å²) in [4.78, 5) is 46.0. The van der Waals surface area contributed by atoms with Crippen molar-refractivity contribution in [3.05, 3.63) is 0 Å². The third-order valence-corrected chi connectivity index (χ3v) is 3.70. The van der Waals surface area contributed by atoms with Crippen molar-refractivity contribution in [1.29, 1.82) is 0 Å². The van der Waals surface area contributed by atoms with Gasteiger partial charge in [0.1, 0.15) is 26.2 Å². The number of carbonyl (C=O) groups excluding carboxylic acids is 4. The van der Waals surface area contributed by atoms with Crippen molar-refractivity contribution < 1.29 is 47.6 Å². The van der Waals surface area contributed by atoms with Crippen LogP contribution in [0, 0.1) is 5.41 Å². The van der Waals surface area contributed by atoms with Crippen LogP contribution >= 0.6 is 0 Å². The molecule has 1 heterocycles. The summed E-state index contributed by atoms with van der Waals surface area (Å²) in [6.45, 7) is 4.94. The standard InChI is InChI=1S/C17H26O10/c1-5-6-17(2,3)15(20)24-8-7-23-12(18)9-13(19)25-10-11-14(22-4)27-16(21)26-11/h11,14H,5-10H2,1-4H3. The average Bonchev–Trinajstić information content (AvgIpc) is 2.96. The molecule has 1 aliphatic heterocycles. The molecular weight excluding hydrogens is 364 g/mol. The first-order chi connectivity index (χ1) is 12.7. The predicted octanol–water partition coefficient (Wildman–Crippen LogP) is 1.34. The first-order valence-corrected chi connectivity index (χ1v) is 8.58. The number of ether oxygens (including phenoxy) is 6. The molecule has 1 fully saturated rings. The largest absolute Gasteiger partial charge is 0.511 e. The van der Waals surface area contributed by atoms with E-state index in [2.05, 4.69) is 4.74 Å². The van der Waals surface area contributed by atoms with Gasteiger partial charge < -0.3 is 28.4 Å². The molecule has 1 saturated heterocycles. The van der Waals surface area contributed by atoms with Crippen LogP contribution in [-0.2, 0) is 42.8 Å². The molecule has 2 unspecified atom stereocenters. The molecule has 1 rings (SSSR count). The van der Waals surface area contributed by atoms with Crippen molar-refractivity contribution in [2.45, 2.75) is 52.4 Å². The third-order valence-electron chi connectivity index (χ3n) is 3.70. The van der Waals surface area contributed by atoms with Crippen LogP contribution in [0.1, 0.15) is 40.0 Å². The van der Waals surface area contributed by atoms with E-state index in [1.54, 1.807) is 13.8 Å². The second kappa shape index (κ2) is 10.7. The molecule has 154 valence electrons. The van der Waals surface area contributed by atoms with Gasteiger partial charge in [0.2, 0.25) is 12.4 Å². The Bertz CT molecular complexity index is 542. The van der Waals surface area contributed by atoms with E-state index in [1.165, 1.54) is 7.11 Å². The van der Waals surface area contributed by atoms with Crippen LogP contribution in [0.25, 0.3) is 0 Å². The Morgan fingerprint density at radius 2 is 1.67 bits per heavy atom. The Labute approximate surface area is 157 Å². The van der Waals surface area contributed by atoms with Gasteiger partial charge in [0, 0.05) is 7.11 Å². The van der Waals surface area contributed by atoms with Gasteiger partial charge in [-0.05, 0) is 20.3 Å². The Kier molecular flexibility index (Phi) is 8.99. The second-order valence-corrected chi connectivity index (χ2v) is 6.48. The molecule has 0 bridgehead atoms. The molecule has 0 amide bonds. The smallest absolute Gasteiger partial charge is 0.462 e. The molecule has 0 aromatic carbocycles. The number of esters is 3. The van der Waals surface area contributed by atoms with Crippen LogP contribution in [-0.4, -0.2) is 63.4 Å². The fourth-order valence-electron chi connectivity index (χ4n) is 2.30. The van der Waals surface area contributed by atoms with E-state index >= 15 is 0 Å². The molecule has 0 saturated carbocycles. The van der Waals surface area contributed by atoms with Gasteiger partial charge >= 0.3 is 24.1 Å². The highest BCUT2D eigenvalue weighted by Gasteiger charge is 2.38. The highest BCUT2D eigenvalue weighted by molar-refractivity contribution is 5.91. The van der Waals surface area contributed by atoms with E-state index in [0.717, 1.165) is 6.42 Å². The van der Waals surface area contributed by atoms with Crippen LogP contribution in [0.15, 0.2) is 0 Å². The molecular formula is C17H26O10. The van der Waals surface area contributed by atoms with Gasteiger partial charge in [-0.2, -0.15) is 0 Å². The number of carbonyl (C=O) groups is 4. The summed E-state index contributed by atoms with van der Waals surface area (Å²) in [5.74, 6) is -2.06. The SMILES string of the molecule is CCCC(C)(C)C(=O)OCCOC(=O)CC(=O)OCC1OC(=O)OC1OC. The van der Waals surface area contributed by atoms with E-state index in [-0.39, 0.29) is 25.8 Å². The van der Waals surface area contributed by atoms with Crippen LogP contribution in [0.4, 0.5) is 4.79 Å². The molecule has 0 aromatic rings. The topological polar surface area (TPSA) is 124 Å². The van der Waals surface area contributed by atoms with E-state index in [0.29, 0.717) is 6.42 Å². The van der Waals surface area contributed by atoms with E-state index < -0.39 is 42.3 Å². The van der Waals surface area contributed by atoms with Crippen LogP contribution in [0.3, 0.4) is 0 Å². The fourth-order valence-corrected chi connectivity index (χ4v) is 2.30. The third kappa shape index (κ3) is 7.81. The number of rotatable bonds is 11. The van der Waals surface area contributed by atoms with E-state index in [4.69, 9.17) is 23.7 Å². The number of cyclic esters (lactones) is 2. The number of hydrogen-bond donors (Lipinski definition) is 0. The summed E-state index contributed by atoms with van der Waals surface area (Å²) in [5, 5.41) is 0. The lowest BCUT2D eigenvalue weighted by atomic mass is 9.88. The van der Waals surface area contributed by atoms with Gasteiger partial charge in [-0.1, -0.05) is 13.3 Å². The van der Waals surface area contributed by atoms with Crippen molar-refractivity contribution in [3.63, 3.8) is 0 Å². The number of hydrogen-bond acceptors (Lipinski definition) is 10. The molecule has 10 nitrogen and oxygen atoms in total. The Balaban J connectivity index is 2.20. The van der Waals surface area contributed by atoms with Crippen LogP contribution in [0.5, 0.6) is 0 Å². The summed E-state index contributed by atoms with van der Waals surface area (Å²) in [6, 6.07) is 0. The molecule has 0 aliphatic carbocycles. The lowest BCUT2D eigenvalue weighted by Crippen LogP contribution is -2.31. The predicted molar refractivity (Wildman–Crippen MR) is 88.3 cm³/mol. The minimum absolute atomic E-state index is 0.0996. The first-order valence-electron chi connectivity index (χ1n) is 8.58. The summed E-state index contributed by atoms with van der Waals surface area (Å²) >= 11 is 0. The maximum absolute atomic E-state index is 11.9. The second-order valence-electron chi connectivity index (χ2n) is 6.48. The maximum Gasteiger partial charge on any atom is 0.511 e. The Morgan fingerprint density at radius 1 is 1.04 bits per heavy atom. The zero-order valence-corrected chi connectivity index (χ0v) is 16.0. The van der Waals surface area contributed by atoms with Gasteiger partial charge in [0.05, 0.1) is 5.41 Å². The van der Waals surface area contributed by atoms with Gasteiger partial charge in [-0.25, -0.2) is 4.79 Å². The molecule has 0 spiro atoms. The lowest BCUT2D eigenvalue weighted by Gasteiger charge is -2.21. The van der Waals surface area contributed by atoms with Gasteiger partial charge in [0.15, 0.2) is 0 Å². The average molecular weight is 390 g/mol. The maximum atomic E-state index is 11.9. The first kappa shape index (κ1) is 22.7. The molecule has 2 atom stereocenters. The van der Waals surface area contributed by atoms with Gasteiger partial charge in [-0.15, -0.1) is 0 Å². The number of methoxy groups -OCH3 is 1. The van der Waals surface area contributed by atoms with E-state index in [9.17, 15) is 19.2 Å². The minimum atomic E-state index is -0.983. The van der Waals surface area contributed by atoms with E-state index in [1.807, 2.05) is 6.92 Å². The van der Waals surface area contributed by atoms with Crippen molar-refractivity contribution >= 4 is 24.1 Å². The monoisotopic (exact) mass is 390 g/mol. The molecule has 0 aromatic heterocycles.